The normalized spacial score (nSPS) is 20.1. The van der Waals surface area contributed by atoms with E-state index in [1.165, 1.54) is 24.8 Å². The zero-order chi connectivity index (χ0) is 17.0. The average molecular weight is 317 g/mol. The van der Waals surface area contributed by atoms with Crippen LogP contribution in [0.2, 0.25) is 0 Å². The molecule has 1 aromatic carbocycles. The van der Waals surface area contributed by atoms with Gasteiger partial charge in [-0.2, -0.15) is 0 Å². The number of likely N-dealkylation sites (tertiary alicyclic amines) is 1. The van der Waals surface area contributed by atoms with Crippen LogP contribution in [0.4, 0.5) is 10.5 Å². The molecule has 4 nitrogen and oxygen atoms in total. The average Bonchev–Trinajstić information content (AvgIpc) is 2.49. The van der Waals surface area contributed by atoms with E-state index in [-0.39, 0.29) is 6.03 Å². The van der Waals surface area contributed by atoms with Crippen molar-refractivity contribution in [3.63, 3.8) is 0 Å². The first-order valence-corrected chi connectivity index (χ1v) is 8.77. The zero-order valence-corrected chi connectivity index (χ0v) is 15.2. The first-order chi connectivity index (χ1) is 10.9. The van der Waals surface area contributed by atoms with Crippen LogP contribution in [0.15, 0.2) is 12.1 Å². The number of urea groups is 1. The highest BCUT2D eigenvalue weighted by Gasteiger charge is 2.23. The van der Waals surface area contributed by atoms with Crippen LogP contribution in [0, 0.1) is 20.8 Å². The minimum Gasteiger partial charge on any atom is -0.336 e. The van der Waals surface area contributed by atoms with Gasteiger partial charge in [-0.25, -0.2) is 4.79 Å². The SMILES string of the molecule is Cc1cc(C)c(NC(=O)NC[C@@H](C)N2CCCC[C@H]2C)c(C)c1. The van der Waals surface area contributed by atoms with E-state index in [1.807, 2.05) is 13.8 Å². The molecule has 0 unspecified atom stereocenters. The van der Waals surface area contributed by atoms with E-state index in [1.54, 1.807) is 0 Å². The Morgan fingerprint density at radius 1 is 1.26 bits per heavy atom. The van der Waals surface area contributed by atoms with Gasteiger partial charge in [0.25, 0.3) is 0 Å². The molecule has 0 spiro atoms. The van der Waals surface area contributed by atoms with Crippen molar-refractivity contribution in [1.82, 2.24) is 10.2 Å². The van der Waals surface area contributed by atoms with Gasteiger partial charge in [-0.1, -0.05) is 24.1 Å². The zero-order valence-electron chi connectivity index (χ0n) is 15.2. The van der Waals surface area contributed by atoms with E-state index in [4.69, 9.17) is 0 Å². The first-order valence-electron chi connectivity index (χ1n) is 8.77. The largest absolute Gasteiger partial charge is 0.336 e. The van der Waals surface area contributed by atoms with Crippen LogP contribution >= 0.6 is 0 Å². The smallest absolute Gasteiger partial charge is 0.319 e. The van der Waals surface area contributed by atoms with Crippen LogP contribution in [0.3, 0.4) is 0 Å². The van der Waals surface area contributed by atoms with Gasteiger partial charge >= 0.3 is 6.03 Å². The second-order valence-electron chi connectivity index (χ2n) is 7.04. The molecule has 1 saturated heterocycles. The second-order valence-corrected chi connectivity index (χ2v) is 7.04. The second kappa shape index (κ2) is 7.82. The number of hydrogen-bond acceptors (Lipinski definition) is 2. The van der Waals surface area contributed by atoms with Crippen LogP contribution in [0.25, 0.3) is 0 Å². The molecule has 23 heavy (non-hydrogen) atoms. The molecule has 1 fully saturated rings. The third kappa shape index (κ3) is 4.71. The lowest BCUT2D eigenvalue weighted by molar-refractivity contribution is 0.114. The standard InChI is InChI=1S/C19H31N3O/c1-13-10-14(2)18(15(3)11-13)21-19(23)20-12-17(5)22-9-7-6-8-16(22)4/h10-11,16-17H,6-9,12H2,1-5H3,(H2,20,21,23)/t16-,17-/m1/s1. The van der Waals surface area contributed by atoms with E-state index in [0.29, 0.717) is 18.6 Å². The van der Waals surface area contributed by atoms with Crippen LogP contribution in [0.5, 0.6) is 0 Å². The van der Waals surface area contributed by atoms with Crippen molar-refractivity contribution in [2.75, 3.05) is 18.4 Å². The maximum atomic E-state index is 12.2. The Kier molecular flexibility index (Phi) is 6.05. The molecule has 1 aromatic rings. The molecule has 0 radical (unpaired) electrons. The fourth-order valence-electron chi connectivity index (χ4n) is 3.67. The number of carbonyl (C=O) groups excluding carboxylic acids is 1. The number of carbonyl (C=O) groups is 1. The van der Waals surface area contributed by atoms with E-state index >= 15 is 0 Å². The molecule has 1 heterocycles. The molecule has 0 saturated carbocycles. The lowest BCUT2D eigenvalue weighted by Gasteiger charge is -2.38. The summed E-state index contributed by atoms with van der Waals surface area (Å²) in [7, 11) is 0. The van der Waals surface area contributed by atoms with Crippen LogP contribution in [-0.2, 0) is 0 Å². The molecule has 2 N–H and O–H groups in total. The van der Waals surface area contributed by atoms with Crippen molar-refractivity contribution in [2.45, 2.75) is 66.0 Å². The van der Waals surface area contributed by atoms with Crippen molar-refractivity contribution in [3.8, 4) is 0 Å². The monoisotopic (exact) mass is 317 g/mol. The summed E-state index contributed by atoms with van der Waals surface area (Å²) in [6, 6.07) is 5.07. The number of nitrogens with zero attached hydrogens (tertiary/aromatic N) is 1. The minimum atomic E-state index is -0.114. The number of nitrogens with one attached hydrogen (secondary N) is 2. The van der Waals surface area contributed by atoms with Gasteiger partial charge in [-0.3, -0.25) is 4.90 Å². The summed E-state index contributed by atoms with van der Waals surface area (Å²) in [4.78, 5) is 14.7. The number of hydrogen-bond donors (Lipinski definition) is 2. The summed E-state index contributed by atoms with van der Waals surface area (Å²) in [6.45, 7) is 12.5. The van der Waals surface area contributed by atoms with Crippen molar-refractivity contribution in [3.05, 3.63) is 28.8 Å². The van der Waals surface area contributed by atoms with Crippen molar-refractivity contribution < 1.29 is 4.79 Å². The highest BCUT2D eigenvalue weighted by Crippen LogP contribution is 2.22. The summed E-state index contributed by atoms with van der Waals surface area (Å²) < 4.78 is 0. The molecular weight excluding hydrogens is 286 g/mol. The number of rotatable bonds is 4. The molecule has 128 valence electrons. The third-order valence-electron chi connectivity index (χ3n) is 4.89. The highest BCUT2D eigenvalue weighted by molar-refractivity contribution is 5.91. The van der Waals surface area contributed by atoms with Crippen LogP contribution < -0.4 is 10.6 Å². The van der Waals surface area contributed by atoms with Crippen LogP contribution in [0.1, 0.15) is 49.8 Å². The maximum absolute atomic E-state index is 12.2. The Morgan fingerprint density at radius 2 is 1.91 bits per heavy atom. The molecule has 4 heteroatoms. The number of amides is 2. The Hall–Kier alpha value is -1.55. The quantitative estimate of drug-likeness (QED) is 0.881. The Bertz CT molecular complexity index is 533. The topological polar surface area (TPSA) is 44.4 Å². The fourth-order valence-corrected chi connectivity index (χ4v) is 3.67. The number of aryl methyl sites for hydroxylation is 3. The van der Waals surface area contributed by atoms with E-state index in [9.17, 15) is 4.79 Å². The summed E-state index contributed by atoms with van der Waals surface area (Å²) in [5.74, 6) is 0. The lowest BCUT2D eigenvalue weighted by atomic mass is 10.0. The number of piperidine rings is 1. The predicted octanol–water partition coefficient (Wildman–Crippen LogP) is 4.00. The predicted molar refractivity (Wildman–Crippen MR) is 97.2 cm³/mol. The molecule has 2 amide bonds. The van der Waals surface area contributed by atoms with Gasteiger partial charge in [0, 0.05) is 24.3 Å². The third-order valence-corrected chi connectivity index (χ3v) is 4.89. The molecule has 1 aliphatic heterocycles. The van der Waals surface area contributed by atoms with Gasteiger partial charge in [0.15, 0.2) is 0 Å². The number of anilines is 1. The maximum Gasteiger partial charge on any atom is 0.319 e. The molecule has 0 aliphatic carbocycles. The molecule has 0 bridgehead atoms. The summed E-state index contributed by atoms with van der Waals surface area (Å²) >= 11 is 0. The Balaban J connectivity index is 1.88. The van der Waals surface area contributed by atoms with Gasteiger partial charge < -0.3 is 10.6 Å². The van der Waals surface area contributed by atoms with Gasteiger partial charge in [-0.05, 0) is 65.1 Å². The van der Waals surface area contributed by atoms with Gasteiger partial charge in [0.05, 0.1) is 0 Å². The van der Waals surface area contributed by atoms with Crippen molar-refractivity contribution in [1.29, 1.82) is 0 Å². The summed E-state index contributed by atoms with van der Waals surface area (Å²) in [5.41, 5.74) is 4.36. The van der Waals surface area contributed by atoms with E-state index in [2.05, 4.69) is 48.4 Å². The fraction of sp³-hybridized carbons (Fsp3) is 0.632. The van der Waals surface area contributed by atoms with Gasteiger partial charge in [-0.15, -0.1) is 0 Å². The number of benzene rings is 1. The molecular formula is C19H31N3O. The van der Waals surface area contributed by atoms with E-state index < -0.39 is 0 Å². The summed E-state index contributed by atoms with van der Waals surface area (Å²) in [5, 5.41) is 6.03. The molecule has 0 aromatic heterocycles. The van der Waals surface area contributed by atoms with Gasteiger partial charge in [0.1, 0.15) is 0 Å². The Morgan fingerprint density at radius 3 is 2.52 bits per heavy atom. The molecule has 2 rings (SSSR count). The van der Waals surface area contributed by atoms with Crippen molar-refractivity contribution in [2.24, 2.45) is 0 Å². The first kappa shape index (κ1) is 17.8. The highest BCUT2D eigenvalue weighted by atomic mass is 16.2. The van der Waals surface area contributed by atoms with Crippen LogP contribution in [-0.4, -0.2) is 36.1 Å². The molecule has 2 atom stereocenters. The van der Waals surface area contributed by atoms with Crippen molar-refractivity contribution >= 4 is 11.7 Å². The van der Waals surface area contributed by atoms with Gasteiger partial charge in [0.2, 0.25) is 0 Å². The lowest BCUT2D eigenvalue weighted by Crippen LogP contribution is -2.49. The van der Waals surface area contributed by atoms with E-state index in [0.717, 1.165) is 23.4 Å². The summed E-state index contributed by atoms with van der Waals surface area (Å²) in [6.07, 6.45) is 3.85. The Labute approximate surface area is 140 Å². The minimum absolute atomic E-state index is 0.114. The molecule has 1 aliphatic rings.